The van der Waals surface area contributed by atoms with Crippen molar-refractivity contribution in [1.29, 1.82) is 0 Å². The van der Waals surface area contributed by atoms with E-state index in [9.17, 15) is 0 Å². The average Bonchev–Trinajstić information content (AvgIpc) is 2.25. The molecule has 2 nitrogen and oxygen atoms in total. The third-order valence-corrected chi connectivity index (χ3v) is 3.11. The van der Waals surface area contributed by atoms with Crippen LogP contribution in [-0.2, 0) is 0 Å². The quantitative estimate of drug-likeness (QED) is 0.714. The first-order valence-electron chi connectivity index (χ1n) is 6.22. The lowest BCUT2D eigenvalue weighted by Gasteiger charge is -2.15. The molecular weight excluding hydrogens is 212 g/mol. The van der Waals surface area contributed by atoms with E-state index in [1.165, 1.54) is 43.2 Å². The summed E-state index contributed by atoms with van der Waals surface area (Å²) in [5, 5.41) is 0. The molecule has 2 heteroatoms. The van der Waals surface area contributed by atoms with Crippen LogP contribution in [-0.4, -0.2) is 11.0 Å². The van der Waals surface area contributed by atoms with Gasteiger partial charge in [-0.05, 0) is 19.8 Å². The number of hydrogen-bond donors (Lipinski definition) is 1. The Balaban J connectivity index is 0. The van der Waals surface area contributed by atoms with Gasteiger partial charge in [-0.3, -0.25) is 5.48 Å². The van der Waals surface area contributed by atoms with Crippen molar-refractivity contribution in [3.05, 3.63) is 35.4 Å². The van der Waals surface area contributed by atoms with Crippen molar-refractivity contribution in [3.8, 4) is 0 Å². The number of rotatable bonds is 0. The SMILES string of the molecule is CC1CCCCC1.Cc1ccc(C)cc1.O.[OH]. The van der Waals surface area contributed by atoms with Crippen LogP contribution in [0.3, 0.4) is 0 Å². The van der Waals surface area contributed by atoms with Gasteiger partial charge in [0.05, 0.1) is 0 Å². The van der Waals surface area contributed by atoms with Crippen molar-refractivity contribution in [2.75, 3.05) is 0 Å². The summed E-state index contributed by atoms with van der Waals surface area (Å²) in [6, 6.07) is 8.48. The zero-order valence-electron chi connectivity index (χ0n) is 11.4. The molecule has 0 bridgehead atoms. The van der Waals surface area contributed by atoms with Gasteiger partial charge in [0.2, 0.25) is 0 Å². The highest BCUT2D eigenvalue weighted by Gasteiger charge is 2.05. The topological polar surface area (TPSA) is 61.5 Å². The van der Waals surface area contributed by atoms with Crippen molar-refractivity contribution in [2.24, 2.45) is 5.92 Å². The Morgan fingerprint density at radius 2 is 1.18 bits per heavy atom. The van der Waals surface area contributed by atoms with Crippen LogP contribution in [0.4, 0.5) is 0 Å². The summed E-state index contributed by atoms with van der Waals surface area (Å²) in [7, 11) is 0. The molecule has 1 saturated carbocycles. The fraction of sp³-hybridized carbons (Fsp3) is 0.600. The highest BCUT2D eigenvalue weighted by atomic mass is 16.0. The molecule has 0 spiro atoms. The summed E-state index contributed by atoms with van der Waals surface area (Å²) in [5.41, 5.74) is 2.66. The van der Waals surface area contributed by atoms with Crippen LogP contribution in [0, 0.1) is 19.8 Å². The highest BCUT2D eigenvalue weighted by Crippen LogP contribution is 2.22. The Bertz CT molecular complexity index is 240. The molecule has 0 aromatic heterocycles. The van der Waals surface area contributed by atoms with E-state index in [4.69, 9.17) is 0 Å². The lowest BCUT2D eigenvalue weighted by molar-refractivity contribution is 0.385. The smallest absolute Gasteiger partial charge is 0.0398 e. The fourth-order valence-corrected chi connectivity index (χ4v) is 1.94. The Morgan fingerprint density at radius 1 is 0.824 bits per heavy atom. The third-order valence-electron chi connectivity index (χ3n) is 3.11. The molecule has 0 heterocycles. The van der Waals surface area contributed by atoms with Crippen molar-refractivity contribution in [2.45, 2.75) is 52.9 Å². The second kappa shape index (κ2) is 10.3. The molecule has 99 valence electrons. The van der Waals surface area contributed by atoms with Gasteiger partial charge < -0.3 is 5.48 Å². The fourth-order valence-electron chi connectivity index (χ4n) is 1.94. The number of hydrogen-bond acceptors (Lipinski definition) is 0. The summed E-state index contributed by atoms with van der Waals surface area (Å²) in [6.45, 7) is 6.55. The molecule has 0 saturated heterocycles. The van der Waals surface area contributed by atoms with E-state index < -0.39 is 0 Å². The van der Waals surface area contributed by atoms with E-state index in [0.717, 1.165) is 5.92 Å². The normalized spacial score (nSPS) is 14.8. The van der Waals surface area contributed by atoms with Crippen LogP contribution in [0.2, 0.25) is 0 Å². The lowest BCUT2D eigenvalue weighted by atomic mass is 9.91. The molecule has 1 fully saturated rings. The van der Waals surface area contributed by atoms with Crippen molar-refractivity contribution >= 4 is 0 Å². The zero-order chi connectivity index (χ0) is 11.1. The molecule has 2 rings (SSSR count). The Labute approximate surface area is 106 Å². The van der Waals surface area contributed by atoms with E-state index in [2.05, 4.69) is 45.0 Å². The van der Waals surface area contributed by atoms with Crippen LogP contribution < -0.4 is 0 Å². The van der Waals surface area contributed by atoms with Crippen LogP contribution >= 0.6 is 0 Å². The van der Waals surface area contributed by atoms with E-state index >= 15 is 0 Å². The summed E-state index contributed by atoms with van der Waals surface area (Å²) < 4.78 is 0. The van der Waals surface area contributed by atoms with Gasteiger partial charge in [0, 0.05) is 0 Å². The Hall–Kier alpha value is -0.860. The third kappa shape index (κ3) is 8.90. The standard InChI is InChI=1S/C8H10.C7H14.H2O.HO/c1-7-3-5-8(2)6-4-7;1-7-5-3-2-4-6-7;;/h3-6H,1-2H3;7H,2-6H2,1H3;1H2;1H. The number of benzene rings is 1. The van der Waals surface area contributed by atoms with E-state index in [1.54, 1.807) is 0 Å². The van der Waals surface area contributed by atoms with Gasteiger partial charge in [-0.1, -0.05) is 74.4 Å². The predicted molar refractivity (Wildman–Crippen MR) is 73.7 cm³/mol. The lowest BCUT2D eigenvalue weighted by Crippen LogP contribution is -1.99. The van der Waals surface area contributed by atoms with Gasteiger partial charge in [0.1, 0.15) is 0 Å². The molecule has 0 atom stereocenters. The minimum Gasteiger partial charge on any atom is -0.412 e. The number of aryl methyl sites for hydroxylation is 2. The summed E-state index contributed by atoms with van der Waals surface area (Å²) in [5.74, 6) is 1.04. The van der Waals surface area contributed by atoms with Gasteiger partial charge >= 0.3 is 0 Å². The zero-order valence-corrected chi connectivity index (χ0v) is 11.4. The van der Waals surface area contributed by atoms with Gasteiger partial charge in [0.25, 0.3) is 0 Å². The second-order valence-electron chi connectivity index (χ2n) is 4.90. The van der Waals surface area contributed by atoms with Crippen molar-refractivity contribution < 1.29 is 11.0 Å². The Kier molecular flexibility index (Phi) is 11.2. The highest BCUT2D eigenvalue weighted by molar-refractivity contribution is 5.19. The maximum Gasteiger partial charge on any atom is -0.0398 e. The molecular formula is C15H27O2. The van der Waals surface area contributed by atoms with Crippen LogP contribution in [0.5, 0.6) is 0 Å². The molecule has 1 aliphatic carbocycles. The maximum atomic E-state index is 2.36. The molecule has 0 unspecified atom stereocenters. The molecule has 3 N–H and O–H groups in total. The summed E-state index contributed by atoms with van der Waals surface area (Å²) in [6.07, 6.45) is 7.44. The van der Waals surface area contributed by atoms with Gasteiger partial charge in [-0.15, -0.1) is 0 Å². The first-order valence-corrected chi connectivity index (χ1v) is 6.22. The molecule has 1 aromatic rings. The van der Waals surface area contributed by atoms with Crippen molar-refractivity contribution in [1.82, 2.24) is 0 Å². The van der Waals surface area contributed by atoms with Crippen molar-refractivity contribution in [3.63, 3.8) is 0 Å². The van der Waals surface area contributed by atoms with E-state index in [1.807, 2.05) is 0 Å². The second-order valence-corrected chi connectivity index (χ2v) is 4.90. The monoisotopic (exact) mass is 239 g/mol. The van der Waals surface area contributed by atoms with Gasteiger partial charge in [-0.2, -0.15) is 0 Å². The molecule has 17 heavy (non-hydrogen) atoms. The molecule has 0 aliphatic heterocycles. The largest absolute Gasteiger partial charge is 0.412 e. The first-order chi connectivity index (χ1) is 7.18. The first kappa shape index (κ1) is 18.5. The average molecular weight is 239 g/mol. The predicted octanol–water partition coefficient (Wildman–Crippen LogP) is 3.89. The van der Waals surface area contributed by atoms with Crippen LogP contribution in [0.15, 0.2) is 24.3 Å². The summed E-state index contributed by atoms with van der Waals surface area (Å²) >= 11 is 0. The molecule has 1 aromatic carbocycles. The molecule has 1 radical (unpaired) electrons. The minimum atomic E-state index is 0. The Morgan fingerprint density at radius 3 is 1.41 bits per heavy atom. The van der Waals surface area contributed by atoms with Crippen LogP contribution in [0.25, 0.3) is 0 Å². The maximum absolute atomic E-state index is 2.36. The minimum absolute atomic E-state index is 0. The van der Waals surface area contributed by atoms with Crippen LogP contribution in [0.1, 0.15) is 50.2 Å². The summed E-state index contributed by atoms with van der Waals surface area (Å²) in [4.78, 5) is 0. The molecule has 1 aliphatic rings. The van der Waals surface area contributed by atoms with Gasteiger partial charge in [0.15, 0.2) is 0 Å². The van der Waals surface area contributed by atoms with Gasteiger partial charge in [-0.25, -0.2) is 0 Å². The molecule has 0 amide bonds. The van der Waals surface area contributed by atoms with E-state index in [-0.39, 0.29) is 11.0 Å². The van der Waals surface area contributed by atoms with E-state index in [0.29, 0.717) is 0 Å².